The van der Waals surface area contributed by atoms with E-state index < -0.39 is 20.7 Å². The summed E-state index contributed by atoms with van der Waals surface area (Å²) in [5.74, 6) is -1.29. The molecule has 0 saturated heterocycles. The minimum Gasteiger partial charge on any atom is -0.478 e. The van der Waals surface area contributed by atoms with Gasteiger partial charge >= 0.3 is 26.7 Å². The molecule has 0 saturated carbocycles. The second-order valence-corrected chi connectivity index (χ2v) is 10.8. The summed E-state index contributed by atoms with van der Waals surface area (Å²) in [5, 5.41) is 9.11. The summed E-state index contributed by atoms with van der Waals surface area (Å²) in [5.41, 5.74) is -0.190. The SMILES string of the molecule is CO[Si](CCCSCC(C)C(=O)OCCOC(=O)c1ccccc1C(=O)O)(OC)OC. The number of hydrogen-bond donors (Lipinski definition) is 1. The van der Waals surface area contributed by atoms with Crippen molar-refractivity contribution in [1.82, 2.24) is 0 Å². The summed E-state index contributed by atoms with van der Waals surface area (Å²) in [7, 11) is 2.17. The number of carboxylic acid groups (broad SMARTS) is 1. The summed E-state index contributed by atoms with van der Waals surface area (Å²) in [6.45, 7) is 1.51. The van der Waals surface area contributed by atoms with Gasteiger partial charge < -0.3 is 27.9 Å². The molecule has 0 bridgehead atoms. The number of esters is 2. The van der Waals surface area contributed by atoms with Gasteiger partial charge in [-0.1, -0.05) is 19.1 Å². The van der Waals surface area contributed by atoms with E-state index in [1.54, 1.807) is 46.1 Å². The molecule has 174 valence electrons. The molecular weight excluding hydrogens is 444 g/mol. The highest BCUT2D eigenvalue weighted by atomic mass is 32.2. The van der Waals surface area contributed by atoms with Gasteiger partial charge in [0.1, 0.15) is 13.2 Å². The van der Waals surface area contributed by atoms with E-state index in [0.29, 0.717) is 11.8 Å². The lowest BCUT2D eigenvalue weighted by Crippen LogP contribution is -2.42. The Bertz CT molecular complexity index is 716. The molecule has 1 unspecified atom stereocenters. The molecule has 0 amide bonds. The zero-order valence-electron chi connectivity index (χ0n) is 18.3. The molecule has 1 aromatic carbocycles. The second-order valence-electron chi connectivity index (χ2n) is 6.53. The fraction of sp³-hybridized carbons (Fsp3) is 0.550. The molecule has 0 spiro atoms. The summed E-state index contributed by atoms with van der Waals surface area (Å²) in [6.07, 6.45) is 0.835. The Hall–Kier alpha value is -1.92. The topological polar surface area (TPSA) is 118 Å². The van der Waals surface area contributed by atoms with Crippen molar-refractivity contribution in [3.05, 3.63) is 35.4 Å². The van der Waals surface area contributed by atoms with Gasteiger partial charge in [0.15, 0.2) is 0 Å². The number of carbonyl (C=O) groups is 3. The van der Waals surface area contributed by atoms with E-state index in [4.69, 9.17) is 27.9 Å². The van der Waals surface area contributed by atoms with Crippen molar-refractivity contribution >= 4 is 38.5 Å². The number of aromatic carboxylic acids is 1. The van der Waals surface area contributed by atoms with Crippen LogP contribution < -0.4 is 0 Å². The highest BCUT2D eigenvalue weighted by molar-refractivity contribution is 7.99. The monoisotopic (exact) mass is 474 g/mol. The lowest BCUT2D eigenvalue weighted by molar-refractivity contribution is -0.148. The lowest BCUT2D eigenvalue weighted by atomic mass is 10.1. The van der Waals surface area contributed by atoms with E-state index in [0.717, 1.165) is 12.2 Å². The Balaban J connectivity index is 2.26. The first-order chi connectivity index (χ1) is 14.8. The smallest absolute Gasteiger partial charge is 0.478 e. The quantitative estimate of drug-likeness (QED) is 0.231. The number of carboxylic acids is 1. The minimum atomic E-state index is -2.56. The van der Waals surface area contributed by atoms with Gasteiger partial charge in [0, 0.05) is 33.1 Å². The molecule has 31 heavy (non-hydrogen) atoms. The summed E-state index contributed by atoms with van der Waals surface area (Å²) in [6, 6.07) is 6.45. The van der Waals surface area contributed by atoms with Crippen molar-refractivity contribution in [3.63, 3.8) is 0 Å². The van der Waals surface area contributed by atoms with Gasteiger partial charge in [-0.15, -0.1) is 0 Å². The zero-order chi connectivity index (χ0) is 23.3. The Labute approximate surface area is 187 Å². The predicted octanol–water partition coefficient (Wildman–Crippen LogP) is 2.72. The van der Waals surface area contributed by atoms with Crippen LogP contribution in [0.5, 0.6) is 0 Å². The van der Waals surface area contributed by atoms with Gasteiger partial charge in [-0.25, -0.2) is 9.59 Å². The van der Waals surface area contributed by atoms with Crippen LogP contribution in [0.25, 0.3) is 0 Å². The van der Waals surface area contributed by atoms with Gasteiger partial charge in [-0.3, -0.25) is 4.79 Å². The van der Waals surface area contributed by atoms with Crippen molar-refractivity contribution in [2.45, 2.75) is 19.4 Å². The molecule has 0 aromatic heterocycles. The van der Waals surface area contributed by atoms with Gasteiger partial charge in [0.25, 0.3) is 0 Å². The van der Waals surface area contributed by atoms with Crippen molar-refractivity contribution < 1.29 is 42.2 Å². The van der Waals surface area contributed by atoms with Crippen LogP contribution in [0, 0.1) is 5.92 Å². The van der Waals surface area contributed by atoms with Crippen molar-refractivity contribution in [2.24, 2.45) is 5.92 Å². The zero-order valence-corrected chi connectivity index (χ0v) is 20.1. The van der Waals surface area contributed by atoms with E-state index in [-0.39, 0.29) is 36.2 Å². The molecule has 0 aliphatic rings. The number of benzene rings is 1. The Morgan fingerprint density at radius 1 is 1.00 bits per heavy atom. The van der Waals surface area contributed by atoms with Crippen LogP contribution in [0.1, 0.15) is 34.1 Å². The van der Waals surface area contributed by atoms with Crippen molar-refractivity contribution in [2.75, 3.05) is 46.0 Å². The number of hydrogen-bond acceptors (Lipinski definition) is 9. The molecule has 0 fully saturated rings. The van der Waals surface area contributed by atoms with Crippen molar-refractivity contribution in [3.8, 4) is 0 Å². The van der Waals surface area contributed by atoms with Crippen LogP contribution in [-0.2, 0) is 27.5 Å². The van der Waals surface area contributed by atoms with Gasteiger partial charge in [0.05, 0.1) is 17.0 Å². The molecule has 0 heterocycles. The third kappa shape index (κ3) is 8.99. The average Bonchev–Trinajstić information content (AvgIpc) is 2.79. The van der Waals surface area contributed by atoms with Crippen LogP contribution in [0.2, 0.25) is 6.04 Å². The summed E-state index contributed by atoms with van der Waals surface area (Å²) < 4.78 is 26.2. The predicted molar refractivity (Wildman–Crippen MR) is 117 cm³/mol. The molecular formula is C20H30O9SSi. The third-order valence-corrected chi connectivity index (χ3v) is 8.56. The molecule has 0 aliphatic heterocycles. The van der Waals surface area contributed by atoms with E-state index in [2.05, 4.69) is 0 Å². The number of carbonyl (C=O) groups excluding carboxylic acids is 2. The molecule has 0 aliphatic carbocycles. The van der Waals surface area contributed by atoms with Crippen LogP contribution in [0.4, 0.5) is 0 Å². The number of rotatable bonds is 15. The van der Waals surface area contributed by atoms with Crippen LogP contribution in [0.15, 0.2) is 24.3 Å². The van der Waals surface area contributed by atoms with E-state index in [9.17, 15) is 14.4 Å². The molecule has 1 atom stereocenters. The molecule has 1 N–H and O–H groups in total. The summed E-state index contributed by atoms with van der Waals surface area (Å²) >= 11 is 1.62. The first-order valence-corrected chi connectivity index (χ1v) is 12.8. The van der Waals surface area contributed by atoms with Crippen LogP contribution >= 0.6 is 11.8 Å². The maximum Gasteiger partial charge on any atom is 0.500 e. The Morgan fingerprint density at radius 3 is 2.16 bits per heavy atom. The van der Waals surface area contributed by atoms with Crippen LogP contribution in [0.3, 0.4) is 0 Å². The Morgan fingerprint density at radius 2 is 1.58 bits per heavy atom. The molecule has 1 aromatic rings. The van der Waals surface area contributed by atoms with E-state index in [1.807, 2.05) is 0 Å². The number of thioether (sulfide) groups is 1. The maximum absolute atomic E-state index is 12.1. The molecule has 1 rings (SSSR count). The third-order valence-electron chi connectivity index (χ3n) is 4.41. The van der Waals surface area contributed by atoms with Gasteiger partial charge in [-0.05, 0) is 24.3 Å². The first kappa shape index (κ1) is 27.1. The van der Waals surface area contributed by atoms with Crippen molar-refractivity contribution in [1.29, 1.82) is 0 Å². The molecule has 0 radical (unpaired) electrons. The highest BCUT2D eigenvalue weighted by Crippen LogP contribution is 2.19. The fourth-order valence-electron chi connectivity index (χ4n) is 2.62. The van der Waals surface area contributed by atoms with E-state index >= 15 is 0 Å². The Kier molecular flexibility index (Phi) is 12.4. The second kappa shape index (κ2) is 14.2. The normalized spacial score (nSPS) is 12.3. The largest absolute Gasteiger partial charge is 0.500 e. The average molecular weight is 475 g/mol. The maximum atomic E-state index is 12.1. The number of ether oxygens (including phenoxy) is 2. The van der Waals surface area contributed by atoms with Gasteiger partial charge in [0.2, 0.25) is 0 Å². The standard InChI is InChI=1S/C20H30O9SSi/c1-15(14-30-12-7-13-31(25-2,26-3)27-4)19(23)28-10-11-29-20(24)17-9-6-5-8-16(17)18(21)22/h5-6,8-9,15H,7,10-14H2,1-4H3,(H,21,22). The van der Waals surface area contributed by atoms with Crippen LogP contribution in [-0.4, -0.2) is 77.9 Å². The first-order valence-electron chi connectivity index (χ1n) is 9.69. The molecule has 11 heteroatoms. The summed E-state index contributed by atoms with van der Waals surface area (Å²) in [4.78, 5) is 35.2. The lowest BCUT2D eigenvalue weighted by Gasteiger charge is -2.24. The minimum absolute atomic E-state index is 0.0476. The molecule has 9 nitrogen and oxygen atoms in total. The highest BCUT2D eigenvalue weighted by Gasteiger charge is 2.36. The van der Waals surface area contributed by atoms with Gasteiger partial charge in [-0.2, -0.15) is 11.8 Å². The van der Waals surface area contributed by atoms with E-state index in [1.165, 1.54) is 18.2 Å². The fourth-order valence-corrected chi connectivity index (χ4v) is 5.60.